The molecule has 1 aliphatic rings. The van der Waals surface area contributed by atoms with E-state index in [0.717, 1.165) is 32.3 Å². The SMILES string of the molecule is C=CCc1cc(/C=C2\SC(=O)N(CC(=O)c3ccc(Br)cc3)C2=O)cc(OC)c1OCc1ccccc1. The number of carbonyl (C=O) groups excluding carboxylic acids is 3. The zero-order valence-corrected chi connectivity index (χ0v) is 22.5. The van der Waals surface area contributed by atoms with Gasteiger partial charge >= 0.3 is 0 Å². The number of allylic oxidation sites excluding steroid dienone is 1. The molecule has 0 saturated carbocycles. The number of halogens is 1. The van der Waals surface area contributed by atoms with Crippen molar-refractivity contribution in [2.24, 2.45) is 0 Å². The van der Waals surface area contributed by atoms with Crippen molar-refractivity contribution in [1.82, 2.24) is 4.90 Å². The molecule has 1 saturated heterocycles. The molecule has 3 aromatic carbocycles. The fourth-order valence-corrected chi connectivity index (χ4v) is 4.88. The Balaban J connectivity index is 1.56. The van der Waals surface area contributed by atoms with Crippen LogP contribution in [0.5, 0.6) is 11.5 Å². The number of carbonyl (C=O) groups is 3. The molecule has 37 heavy (non-hydrogen) atoms. The number of ether oxygens (including phenoxy) is 2. The number of nitrogens with zero attached hydrogens (tertiary/aromatic N) is 1. The Morgan fingerprint density at radius 1 is 1.08 bits per heavy atom. The van der Waals surface area contributed by atoms with E-state index in [9.17, 15) is 14.4 Å². The minimum Gasteiger partial charge on any atom is -0.493 e. The molecule has 1 aliphatic heterocycles. The predicted octanol–water partition coefficient (Wildman–Crippen LogP) is 6.68. The molecular weight excluding hydrogens is 554 g/mol. The maximum Gasteiger partial charge on any atom is 0.293 e. The lowest BCUT2D eigenvalue weighted by atomic mass is 10.0. The van der Waals surface area contributed by atoms with Crippen molar-refractivity contribution in [3.05, 3.63) is 111 Å². The van der Waals surface area contributed by atoms with Gasteiger partial charge < -0.3 is 9.47 Å². The van der Waals surface area contributed by atoms with E-state index in [4.69, 9.17) is 9.47 Å². The highest BCUT2D eigenvalue weighted by molar-refractivity contribution is 9.10. The summed E-state index contributed by atoms with van der Waals surface area (Å²) >= 11 is 4.13. The average molecular weight is 578 g/mol. The monoisotopic (exact) mass is 577 g/mol. The quantitative estimate of drug-likeness (QED) is 0.152. The second-order valence-electron chi connectivity index (χ2n) is 8.18. The molecule has 2 amide bonds. The molecule has 0 unspecified atom stereocenters. The molecule has 0 N–H and O–H groups in total. The summed E-state index contributed by atoms with van der Waals surface area (Å²) in [5, 5.41) is -0.484. The van der Waals surface area contributed by atoms with E-state index in [1.54, 1.807) is 49.6 Å². The Hall–Kier alpha value is -3.62. The number of hydrogen-bond donors (Lipinski definition) is 0. The van der Waals surface area contributed by atoms with Gasteiger partial charge in [-0.25, -0.2) is 0 Å². The van der Waals surface area contributed by atoms with Crippen molar-refractivity contribution < 1.29 is 23.9 Å². The molecular formula is C29H24BrNO5S. The first-order valence-corrected chi connectivity index (χ1v) is 13.0. The number of amides is 2. The molecule has 0 aliphatic carbocycles. The fraction of sp³-hybridized carbons (Fsp3) is 0.138. The Labute approximate surface area is 228 Å². The number of rotatable bonds is 10. The van der Waals surface area contributed by atoms with Gasteiger partial charge in [-0.1, -0.05) is 64.5 Å². The second-order valence-corrected chi connectivity index (χ2v) is 10.1. The summed E-state index contributed by atoms with van der Waals surface area (Å²) in [6.07, 6.45) is 3.91. The fourth-order valence-electron chi connectivity index (χ4n) is 3.78. The van der Waals surface area contributed by atoms with Crippen LogP contribution in [0, 0.1) is 0 Å². The van der Waals surface area contributed by atoms with Crippen molar-refractivity contribution in [2.75, 3.05) is 13.7 Å². The highest BCUT2D eigenvalue weighted by atomic mass is 79.9. The van der Waals surface area contributed by atoms with Gasteiger partial charge in [0.1, 0.15) is 6.61 Å². The number of imide groups is 1. The number of hydrogen-bond acceptors (Lipinski definition) is 6. The Morgan fingerprint density at radius 2 is 1.81 bits per heavy atom. The molecule has 0 aromatic heterocycles. The third-order valence-corrected chi connectivity index (χ3v) is 7.04. The van der Waals surface area contributed by atoms with Crippen molar-refractivity contribution >= 4 is 50.7 Å². The predicted molar refractivity (Wildman–Crippen MR) is 149 cm³/mol. The number of methoxy groups -OCH3 is 1. The van der Waals surface area contributed by atoms with Gasteiger partial charge in [-0.05, 0) is 59.7 Å². The van der Waals surface area contributed by atoms with Crippen LogP contribution in [-0.4, -0.2) is 35.5 Å². The maximum atomic E-state index is 13.0. The summed E-state index contributed by atoms with van der Waals surface area (Å²) < 4.78 is 12.5. The summed E-state index contributed by atoms with van der Waals surface area (Å²) in [7, 11) is 1.55. The molecule has 0 atom stereocenters. The normalized spacial score (nSPS) is 14.2. The van der Waals surface area contributed by atoms with Gasteiger partial charge in [-0.15, -0.1) is 6.58 Å². The first kappa shape index (κ1) is 26.4. The second kappa shape index (κ2) is 12.1. The minimum absolute atomic E-state index is 0.234. The molecule has 8 heteroatoms. The van der Waals surface area contributed by atoms with E-state index >= 15 is 0 Å². The summed E-state index contributed by atoms with van der Waals surface area (Å²) in [6.45, 7) is 3.89. The number of benzene rings is 3. The molecule has 1 heterocycles. The van der Waals surface area contributed by atoms with Crippen molar-refractivity contribution in [3.63, 3.8) is 0 Å². The Bertz CT molecular complexity index is 1370. The van der Waals surface area contributed by atoms with Crippen LogP contribution in [0.2, 0.25) is 0 Å². The summed E-state index contributed by atoms with van der Waals surface area (Å²) in [5.74, 6) is 0.280. The highest BCUT2D eigenvalue weighted by Crippen LogP contribution is 2.37. The summed E-state index contributed by atoms with van der Waals surface area (Å²) in [4.78, 5) is 39.4. The zero-order valence-electron chi connectivity index (χ0n) is 20.1. The van der Waals surface area contributed by atoms with Gasteiger partial charge in [0.05, 0.1) is 18.6 Å². The van der Waals surface area contributed by atoms with Crippen molar-refractivity contribution in [2.45, 2.75) is 13.0 Å². The Morgan fingerprint density at radius 3 is 2.49 bits per heavy atom. The van der Waals surface area contributed by atoms with Crippen LogP contribution in [0.4, 0.5) is 4.79 Å². The first-order valence-electron chi connectivity index (χ1n) is 11.4. The molecule has 4 rings (SSSR count). The van der Waals surface area contributed by atoms with Gasteiger partial charge in [0.2, 0.25) is 0 Å². The van der Waals surface area contributed by atoms with E-state index in [1.807, 2.05) is 36.4 Å². The molecule has 0 bridgehead atoms. The van der Waals surface area contributed by atoms with Crippen LogP contribution in [0.1, 0.15) is 27.0 Å². The van der Waals surface area contributed by atoms with Crippen LogP contribution in [-0.2, 0) is 17.8 Å². The largest absolute Gasteiger partial charge is 0.493 e. The first-order chi connectivity index (χ1) is 17.9. The lowest BCUT2D eigenvalue weighted by Crippen LogP contribution is -2.33. The van der Waals surface area contributed by atoms with Gasteiger partial charge in [-0.2, -0.15) is 0 Å². The van der Waals surface area contributed by atoms with E-state index in [-0.39, 0.29) is 17.2 Å². The van der Waals surface area contributed by atoms with E-state index in [0.29, 0.717) is 35.7 Å². The van der Waals surface area contributed by atoms with Crippen LogP contribution >= 0.6 is 27.7 Å². The number of ketones is 1. The topological polar surface area (TPSA) is 72.9 Å². The van der Waals surface area contributed by atoms with Gasteiger partial charge in [0.15, 0.2) is 17.3 Å². The third kappa shape index (κ3) is 6.39. The maximum absolute atomic E-state index is 13.0. The standard InChI is InChI=1S/C29H24BrNO5S/c1-3-7-22-14-20(15-25(35-2)27(22)36-18-19-8-5-4-6-9-19)16-26-28(33)31(29(34)37-26)17-24(32)21-10-12-23(30)13-11-21/h3-6,8-16H,1,7,17-18H2,2H3/b26-16-. The van der Waals surface area contributed by atoms with Gasteiger partial charge in [0, 0.05) is 15.6 Å². The van der Waals surface area contributed by atoms with Crippen LogP contribution in [0.15, 0.2) is 88.8 Å². The Kier molecular flexibility index (Phi) is 8.63. The van der Waals surface area contributed by atoms with Crippen LogP contribution < -0.4 is 9.47 Å². The number of Topliss-reactive ketones (excluding diaryl/α,β-unsaturated/α-hetero) is 1. The lowest BCUT2D eigenvalue weighted by molar-refractivity contribution is -0.122. The van der Waals surface area contributed by atoms with E-state index in [2.05, 4.69) is 22.5 Å². The van der Waals surface area contributed by atoms with Crippen molar-refractivity contribution in [3.8, 4) is 11.5 Å². The van der Waals surface area contributed by atoms with Gasteiger partial charge in [0.25, 0.3) is 11.1 Å². The van der Waals surface area contributed by atoms with Crippen LogP contribution in [0.3, 0.4) is 0 Å². The third-order valence-electron chi connectivity index (χ3n) is 5.60. The molecule has 3 aromatic rings. The highest BCUT2D eigenvalue weighted by Gasteiger charge is 2.36. The molecule has 6 nitrogen and oxygen atoms in total. The minimum atomic E-state index is -0.505. The van der Waals surface area contributed by atoms with E-state index in [1.165, 1.54) is 0 Å². The summed E-state index contributed by atoms with van der Waals surface area (Å²) in [5.41, 5.74) is 2.95. The molecule has 188 valence electrons. The smallest absolute Gasteiger partial charge is 0.293 e. The molecule has 1 fully saturated rings. The summed E-state index contributed by atoms with van der Waals surface area (Å²) in [6, 6.07) is 20.2. The lowest BCUT2D eigenvalue weighted by Gasteiger charge is -2.16. The average Bonchev–Trinajstić information content (AvgIpc) is 3.16. The molecule has 0 radical (unpaired) electrons. The van der Waals surface area contributed by atoms with E-state index < -0.39 is 11.1 Å². The number of thioether (sulfide) groups is 1. The van der Waals surface area contributed by atoms with Gasteiger partial charge in [-0.3, -0.25) is 19.3 Å². The molecule has 0 spiro atoms. The van der Waals surface area contributed by atoms with Crippen molar-refractivity contribution in [1.29, 1.82) is 0 Å². The zero-order chi connectivity index (χ0) is 26.4. The van der Waals surface area contributed by atoms with Crippen LogP contribution in [0.25, 0.3) is 6.08 Å².